The number of rotatable bonds is 3. The third-order valence-corrected chi connectivity index (χ3v) is 5.56. The molecule has 1 aromatic heterocycles. The average molecular weight is 359 g/mol. The number of carbonyl (C=O) groups excluding carboxylic acids is 2. The number of para-hydroxylation sites is 1. The quantitative estimate of drug-likeness (QED) is 0.789. The number of amides is 1. The Kier molecular flexibility index (Phi) is 5.13. The number of carbonyl (C=O) groups is 2. The van der Waals surface area contributed by atoms with Crippen LogP contribution in [0.4, 0.5) is 5.69 Å². The zero-order chi connectivity index (χ0) is 18.0. The molecular weight excluding hydrogens is 338 g/mol. The lowest BCUT2D eigenvalue weighted by molar-refractivity contribution is -0.121. The lowest BCUT2D eigenvalue weighted by atomic mass is 10.2. The fourth-order valence-electron chi connectivity index (χ4n) is 2.73. The van der Waals surface area contributed by atoms with E-state index in [1.54, 1.807) is 35.3 Å². The van der Waals surface area contributed by atoms with E-state index in [0.29, 0.717) is 23.1 Å². The molecule has 1 aliphatic heterocycles. The van der Waals surface area contributed by atoms with Gasteiger partial charge in [-0.15, -0.1) is 11.8 Å². The molecule has 1 aliphatic rings. The number of hydrogen-bond acceptors (Lipinski definition) is 5. The zero-order valence-corrected chi connectivity index (χ0v) is 15.4. The fourth-order valence-corrected chi connectivity index (χ4v) is 3.84. The molecule has 0 radical (unpaired) electrons. The van der Waals surface area contributed by atoms with Crippen LogP contribution in [0, 0.1) is 6.92 Å². The Balaban J connectivity index is 1.71. The van der Waals surface area contributed by atoms with E-state index in [4.69, 9.17) is 4.74 Å². The van der Waals surface area contributed by atoms with Crippen LogP contribution in [0.5, 0.6) is 0 Å². The first-order chi connectivity index (χ1) is 12.0. The number of benzene rings is 1. The van der Waals surface area contributed by atoms with Crippen molar-refractivity contribution in [3.8, 4) is 0 Å². The molecule has 0 saturated heterocycles. The molecule has 6 nitrogen and oxygen atoms in total. The maximum atomic E-state index is 12.7. The Morgan fingerprint density at radius 3 is 2.84 bits per heavy atom. The maximum absolute atomic E-state index is 12.7. The van der Waals surface area contributed by atoms with E-state index in [1.165, 1.54) is 6.20 Å². The predicted molar refractivity (Wildman–Crippen MR) is 97.0 cm³/mol. The van der Waals surface area contributed by atoms with Crippen LogP contribution in [0.3, 0.4) is 0 Å². The molecule has 0 bridgehead atoms. The number of fused-ring (bicyclic) bond motifs is 1. The third-order valence-electron chi connectivity index (χ3n) is 4.33. The molecule has 1 aromatic carbocycles. The first kappa shape index (κ1) is 17.5. The van der Waals surface area contributed by atoms with Crippen LogP contribution >= 0.6 is 11.8 Å². The third kappa shape index (κ3) is 3.71. The number of aromatic nitrogens is 2. The van der Waals surface area contributed by atoms with Gasteiger partial charge in [0.05, 0.1) is 11.9 Å². The number of anilines is 1. The second kappa shape index (κ2) is 7.31. The summed E-state index contributed by atoms with van der Waals surface area (Å²) in [6, 6.07) is 7.84. The highest BCUT2D eigenvalue weighted by molar-refractivity contribution is 8.00. The predicted octanol–water partition coefficient (Wildman–Crippen LogP) is 2.80. The Labute approximate surface area is 151 Å². The average Bonchev–Trinajstić information content (AvgIpc) is 2.83. The van der Waals surface area contributed by atoms with Gasteiger partial charge in [-0.05, 0) is 25.5 Å². The van der Waals surface area contributed by atoms with Gasteiger partial charge < -0.3 is 9.64 Å². The summed E-state index contributed by atoms with van der Waals surface area (Å²) in [6.07, 6.45) is 2.35. The van der Waals surface area contributed by atoms with E-state index in [1.807, 2.05) is 24.3 Å². The molecule has 1 unspecified atom stereocenters. The molecule has 1 amide bonds. The summed E-state index contributed by atoms with van der Waals surface area (Å²) in [5.41, 5.74) is 1.98. The molecule has 132 valence electrons. The van der Waals surface area contributed by atoms with Crippen LogP contribution < -0.4 is 4.90 Å². The minimum Gasteiger partial charge on any atom is -0.452 e. The normalized spacial score (nSPS) is 16.9. The largest absolute Gasteiger partial charge is 0.452 e. The van der Waals surface area contributed by atoms with Crippen molar-refractivity contribution in [2.24, 2.45) is 7.05 Å². The zero-order valence-electron chi connectivity index (χ0n) is 14.6. The van der Waals surface area contributed by atoms with Gasteiger partial charge in [0.1, 0.15) is 5.56 Å². The molecule has 0 N–H and O–H groups in total. The SMILES string of the molecule is Cc1c(C(=O)OCC(=O)N2CCC(C)Sc3ccccc32)cnn1C. The summed E-state index contributed by atoms with van der Waals surface area (Å²) in [5.74, 6) is -0.734. The summed E-state index contributed by atoms with van der Waals surface area (Å²) in [4.78, 5) is 27.6. The van der Waals surface area contributed by atoms with Gasteiger partial charge in [0.15, 0.2) is 6.61 Å². The van der Waals surface area contributed by atoms with Gasteiger partial charge >= 0.3 is 5.97 Å². The van der Waals surface area contributed by atoms with E-state index < -0.39 is 5.97 Å². The van der Waals surface area contributed by atoms with Gasteiger partial charge in [0.2, 0.25) is 0 Å². The Bertz CT molecular complexity index is 803. The number of hydrogen-bond donors (Lipinski definition) is 0. The van der Waals surface area contributed by atoms with Crippen molar-refractivity contribution in [1.29, 1.82) is 0 Å². The molecule has 3 rings (SSSR count). The van der Waals surface area contributed by atoms with Crippen molar-refractivity contribution in [2.45, 2.75) is 30.4 Å². The molecule has 0 spiro atoms. The second-order valence-electron chi connectivity index (χ2n) is 6.07. The van der Waals surface area contributed by atoms with Crippen molar-refractivity contribution in [2.75, 3.05) is 18.1 Å². The number of nitrogens with zero attached hydrogens (tertiary/aromatic N) is 3. The van der Waals surface area contributed by atoms with Crippen LogP contribution in [0.25, 0.3) is 0 Å². The standard InChI is InChI=1S/C18H21N3O3S/c1-12-8-9-21(15-6-4-5-7-16(15)25-12)17(22)11-24-18(23)14-10-19-20(3)13(14)2/h4-7,10,12H,8-9,11H2,1-3H3. The van der Waals surface area contributed by atoms with E-state index in [9.17, 15) is 9.59 Å². The molecule has 0 saturated carbocycles. The number of thioether (sulfide) groups is 1. The monoisotopic (exact) mass is 359 g/mol. The minimum absolute atomic E-state index is 0.211. The van der Waals surface area contributed by atoms with Gasteiger partial charge in [-0.3, -0.25) is 9.48 Å². The van der Waals surface area contributed by atoms with Crippen LogP contribution in [-0.4, -0.2) is 40.1 Å². The van der Waals surface area contributed by atoms with Gasteiger partial charge in [0, 0.05) is 29.4 Å². The molecular formula is C18H21N3O3S. The van der Waals surface area contributed by atoms with Crippen molar-refractivity contribution in [3.63, 3.8) is 0 Å². The van der Waals surface area contributed by atoms with Crippen LogP contribution in [0.2, 0.25) is 0 Å². The number of esters is 1. The highest BCUT2D eigenvalue weighted by atomic mass is 32.2. The molecule has 2 aromatic rings. The summed E-state index contributed by atoms with van der Waals surface area (Å²) in [6.45, 7) is 4.28. The minimum atomic E-state index is -0.523. The Morgan fingerprint density at radius 2 is 2.12 bits per heavy atom. The Morgan fingerprint density at radius 1 is 1.36 bits per heavy atom. The molecule has 25 heavy (non-hydrogen) atoms. The van der Waals surface area contributed by atoms with Gasteiger partial charge in [0.25, 0.3) is 5.91 Å². The van der Waals surface area contributed by atoms with Crippen LogP contribution in [0.1, 0.15) is 29.4 Å². The first-order valence-electron chi connectivity index (χ1n) is 8.19. The number of aryl methyl sites for hydroxylation is 1. The lowest BCUT2D eigenvalue weighted by Gasteiger charge is -2.22. The molecule has 0 fully saturated rings. The highest BCUT2D eigenvalue weighted by Crippen LogP contribution is 2.37. The van der Waals surface area contributed by atoms with Crippen molar-refractivity contribution < 1.29 is 14.3 Å². The van der Waals surface area contributed by atoms with Gasteiger partial charge in [-0.2, -0.15) is 5.10 Å². The van der Waals surface area contributed by atoms with Gasteiger partial charge in [-0.25, -0.2) is 4.79 Å². The number of ether oxygens (including phenoxy) is 1. The van der Waals surface area contributed by atoms with Crippen LogP contribution in [0.15, 0.2) is 35.4 Å². The summed E-state index contributed by atoms with van der Waals surface area (Å²) in [5, 5.41) is 4.45. The second-order valence-corrected chi connectivity index (χ2v) is 7.55. The topological polar surface area (TPSA) is 64.4 Å². The van der Waals surface area contributed by atoms with E-state index >= 15 is 0 Å². The lowest BCUT2D eigenvalue weighted by Crippen LogP contribution is -2.35. The highest BCUT2D eigenvalue weighted by Gasteiger charge is 2.25. The van der Waals surface area contributed by atoms with Crippen LogP contribution in [-0.2, 0) is 16.6 Å². The summed E-state index contributed by atoms with van der Waals surface area (Å²) >= 11 is 1.77. The van der Waals surface area contributed by atoms with E-state index in [2.05, 4.69) is 12.0 Å². The molecule has 1 atom stereocenters. The van der Waals surface area contributed by atoms with Crippen molar-refractivity contribution in [3.05, 3.63) is 41.7 Å². The smallest absolute Gasteiger partial charge is 0.342 e. The summed E-state index contributed by atoms with van der Waals surface area (Å²) < 4.78 is 6.83. The summed E-state index contributed by atoms with van der Waals surface area (Å²) in [7, 11) is 1.75. The van der Waals surface area contributed by atoms with Gasteiger partial charge in [-0.1, -0.05) is 19.1 Å². The van der Waals surface area contributed by atoms with Crippen molar-refractivity contribution in [1.82, 2.24) is 9.78 Å². The van der Waals surface area contributed by atoms with E-state index in [-0.39, 0.29) is 12.5 Å². The molecule has 2 heterocycles. The maximum Gasteiger partial charge on any atom is 0.342 e. The van der Waals surface area contributed by atoms with E-state index in [0.717, 1.165) is 17.0 Å². The first-order valence-corrected chi connectivity index (χ1v) is 9.07. The molecule has 7 heteroatoms. The molecule has 0 aliphatic carbocycles. The van der Waals surface area contributed by atoms with Crippen molar-refractivity contribution >= 4 is 29.3 Å². The Hall–Kier alpha value is -2.28. The fraction of sp³-hybridized carbons (Fsp3) is 0.389.